The highest BCUT2D eigenvalue weighted by molar-refractivity contribution is 6.22. The third kappa shape index (κ3) is 2.34. The number of ether oxygens (including phenoxy) is 4. The van der Waals surface area contributed by atoms with E-state index >= 15 is 0 Å². The van der Waals surface area contributed by atoms with Gasteiger partial charge in [0.1, 0.15) is 18.3 Å². The molecule has 1 aliphatic carbocycles. The van der Waals surface area contributed by atoms with E-state index in [1.165, 1.54) is 12.2 Å². The second kappa shape index (κ2) is 5.32. The summed E-state index contributed by atoms with van der Waals surface area (Å²) in [4.78, 5) is 24.0. The molecule has 0 spiro atoms. The van der Waals surface area contributed by atoms with Crippen LogP contribution in [0.1, 0.15) is 46.2 Å². The number of rotatable bonds is 2. The van der Waals surface area contributed by atoms with E-state index in [2.05, 4.69) is 0 Å². The molecule has 24 heavy (non-hydrogen) atoms. The third-order valence-corrected chi connectivity index (χ3v) is 4.53. The van der Waals surface area contributed by atoms with Gasteiger partial charge in [-0.2, -0.15) is 0 Å². The highest BCUT2D eigenvalue weighted by Gasteiger charge is 2.56. The van der Waals surface area contributed by atoms with E-state index in [1.807, 2.05) is 13.8 Å². The van der Waals surface area contributed by atoms with Crippen LogP contribution < -0.4 is 0 Å². The van der Waals surface area contributed by atoms with Crippen LogP contribution in [0.15, 0.2) is 30.4 Å². The average molecular weight is 330 g/mol. The van der Waals surface area contributed by atoms with Crippen molar-refractivity contribution >= 4 is 11.6 Å². The molecule has 0 radical (unpaired) electrons. The zero-order chi connectivity index (χ0) is 17.1. The van der Waals surface area contributed by atoms with Crippen molar-refractivity contribution in [3.8, 4) is 0 Å². The molecule has 0 N–H and O–H groups in total. The quantitative estimate of drug-likeness (QED) is 0.828. The van der Waals surface area contributed by atoms with Crippen molar-refractivity contribution in [3.63, 3.8) is 0 Å². The monoisotopic (exact) mass is 330 g/mol. The Balaban J connectivity index is 1.71. The summed E-state index contributed by atoms with van der Waals surface area (Å²) in [5.41, 5.74) is 1.56. The Morgan fingerprint density at radius 2 is 1.67 bits per heavy atom. The summed E-state index contributed by atoms with van der Waals surface area (Å²) in [6, 6.07) is 5.15. The predicted octanol–water partition coefficient (Wildman–Crippen LogP) is 2.19. The number of hydrogen-bond acceptors (Lipinski definition) is 6. The number of fused-ring (bicyclic) bond motifs is 2. The van der Waals surface area contributed by atoms with Crippen LogP contribution >= 0.6 is 0 Å². The summed E-state index contributed by atoms with van der Waals surface area (Å²) >= 11 is 0. The Bertz CT molecular complexity index is 750. The van der Waals surface area contributed by atoms with Crippen LogP contribution in [-0.4, -0.2) is 43.0 Å². The second-order valence-corrected chi connectivity index (χ2v) is 6.59. The van der Waals surface area contributed by atoms with Crippen molar-refractivity contribution < 1.29 is 28.5 Å². The molecule has 2 fully saturated rings. The molecule has 0 aromatic heterocycles. The number of hydrogen-bond donors (Lipinski definition) is 0. The van der Waals surface area contributed by atoms with E-state index in [4.69, 9.17) is 18.9 Å². The van der Waals surface area contributed by atoms with Gasteiger partial charge < -0.3 is 18.9 Å². The Hall–Kier alpha value is -1.86. The Kier molecular flexibility index (Phi) is 3.47. The first-order chi connectivity index (χ1) is 11.4. The topological polar surface area (TPSA) is 71.1 Å². The van der Waals surface area contributed by atoms with Crippen molar-refractivity contribution in [2.24, 2.45) is 0 Å². The van der Waals surface area contributed by atoms with Gasteiger partial charge in [-0.15, -0.1) is 0 Å². The molecule has 126 valence electrons. The third-order valence-electron chi connectivity index (χ3n) is 4.53. The zero-order valence-corrected chi connectivity index (χ0v) is 13.6. The van der Waals surface area contributed by atoms with Crippen LogP contribution in [0.4, 0.5) is 0 Å². The second-order valence-electron chi connectivity index (χ2n) is 6.59. The molecule has 6 heteroatoms. The molecular weight excluding hydrogens is 312 g/mol. The number of carbonyl (C=O) groups excluding carboxylic acids is 2. The summed E-state index contributed by atoms with van der Waals surface area (Å²) in [7, 11) is 1.55. The first kappa shape index (κ1) is 15.7. The maximum Gasteiger partial charge on any atom is 0.187 e. The fourth-order valence-electron chi connectivity index (χ4n) is 3.51. The number of benzene rings is 1. The summed E-state index contributed by atoms with van der Waals surface area (Å²) < 4.78 is 23.1. The highest BCUT2D eigenvalue weighted by atomic mass is 16.8. The van der Waals surface area contributed by atoms with Gasteiger partial charge in [0.25, 0.3) is 0 Å². The summed E-state index contributed by atoms with van der Waals surface area (Å²) in [5, 5.41) is 0. The van der Waals surface area contributed by atoms with Gasteiger partial charge in [-0.1, -0.05) is 6.07 Å². The molecule has 4 atom stereocenters. The van der Waals surface area contributed by atoms with Gasteiger partial charge in [-0.05, 0) is 43.7 Å². The molecule has 0 saturated carbocycles. The minimum atomic E-state index is -0.725. The first-order valence-corrected chi connectivity index (χ1v) is 7.84. The normalized spacial score (nSPS) is 33.6. The van der Waals surface area contributed by atoms with E-state index in [9.17, 15) is 9.59 Å². The minimum absolute atomic E-state index is 0.169. The van der Waals surface area contributed by atoms with Crippen molar-refractivity contribution in [2.75, 3.05) is 7.11 Å². The summed E-state index contributed by atoms with van der Waals surface area (Å²) in [6.45, 7) is 3.68. The lowest BCUT2D eigenvalue weighted by molar-refractivity contribution is -0.228. The molecule has 4 rings (SSSR count). The Morgan fingerprint density at radius 3 is 2.38 bits per heavy atom. The van der Waals surface area contributed by atoms with Crippen molar-refractivity contribution in [1.29, 1.82) is 0 Å². The number of carbonyl (C=O) groups is 2. The van der Waals surface area contributed by atoms with Gasteiger partial charge in [0.15, 0.2) is 23.6 Å². The van der Waals surface area contributed by atoms with Crippen LogP contribution in [0.5, 0.6) is 0 Å². The number of methoxy groups -OCH3 is 1. The van der Waals surface area contributed by atoms with Gasteiger partial charge in [0, 0.05) is 18.2 Å². The van der Waals surface area contributed by atoms with Crippen molar-refractivity contribution in [1.82, 2.24) is 0 Å². The molecule has 2 aliphatic heterocycles. The van der Waals surface area contributed by atoms with Crippen LogP contribution in [-0.2, 0) is 18.9 Å². The molecular formula is C18H18O6. The molecule has 2 saturated heterocycles. The number of allylic oxidation sites excluding steroid dienone is 2. The predicted molar refractivity (Wildman–Crippen MR) is 82.7 cm³/mol. The van der Waals surface area contributed by atoms with Crippen LogP contribution in [0.2, 0.25) is 0 Å². The largest absolute Gasteiger partial charge is 0.353 e. The minimum Gasteiger partial charge on any atom is -0.353 e. The van der Waals surface area contributed by atoms with Crippen LogP contribution in [0.3, 0.4) is 0 Å². The fraction of sp³-hybridized carbons (Fsp3) is 0.444. The lowest BCUT2D eigenvalue weighted by Gasteiger charge is -2.24. The van der Waals surface area contributed by atoms with E-state index in [0.717, 1.165) is 5.56 Å². The smallest absolute Gasteiger partial charge is 0.187 e. The molecule has 2 heterocycles. The lowest BCUT2D eigenvalue weighted by Crippen LogP contribution is -2.30. The lowest BCUT2D eigenvalue weighted by atomic mass is 9.91. The highest BCUT2D eigenvalue weighted by Crippen LogP contribution is 2.45. The standard InChI is InChI=1S/C18H18O6/c1-18(2)23-15-14(22-17(21-3)16(15)24-18)9-4-5-10-11(8-9)13(20)7-6-12(10)19/h4-8,14-17H,1-3H3/t14-,15-,16-,17-/m1/s1. The maximum absolute atomic E-state index is 12.1. The average Bonchev–Trinajstić information content (AvgIpc) is 3.03. The van der Waals surface area contributed by atoms with E-state index in [0.29, 0.717) is 11.1 Å². The van der Waals surface area contributed by atoms with Gasteiger partial charge >= 0.3 is 0 Å². The molecule has 0 amide bonds. The van der Waals surface area contributed by atoms with E-state index < -0.39 is 18.2 Å². The van der Waals surface area contributed by atoms with E-state index in [-0.39, 0.29) is 23.8 Å². The van der Waals surface area contributed by atoms with Gasteiger partial charge in [0.2, 0.25) is 0 Å². The van der Waals surface area contributed by atoms with Crippen molar-refractivity contribution in [2.45, 2.75) is 44.2 Å². The fourth-order valence-corrected chi connectivity index (χ4v) is 3.51. The Labute approximate surface area is 139 Å². The zero-order valence-electron chi connectivity index (χ0n) is 13.6. The molecule has 6 nitrogen and oxygen atoms in total. The number of ketones is 2. The molecule has 0 bridgehead atoms. The molecule has 1 aromatic carbocycles. The van der Waals surface area contributed by atoms with Crippen molar-refractivity contribution in [3.05, 3.63) is 47.0 Å². The summed E-state index contributed by atoms with van der Waals surface area (Å²) in [6.07, 6.45) is 0.930. The Morgan fingerprint density at radius 1 is 1.00 bits per heavy atom. The van der Waals surface area contributed by atoms with E-state index in [1.54, 1.807) is 25.3 Å². The SMILES string of the molecule is CO[C@@H]1O[C@H](c2ccc3c(c2)C(=O)C=CC3=O)[C@H]2OC(C)(C)O[C@@H]12. The molecule has 1 aromatic rings. The summed E-state index contributed by atoms with van der Waals surface area (Å²) in [5.74, 6) is -1.08. The molecule has 3 aliphatic rings. The maximum atomic E-state index is 12.1. The van der Waals surface area contributed by atoms with Gasteiger partial charge in [-0.25, -0.2) is 0 Å². The molecule has 0 unspecified atom stereocenters. The first-order valence-electron chi connectivity index (χ1n) is 7.84. The van der Waals surface area contributed by atoms with Crippen LogP contribution in [0.25, 0.3) is 0 Å². The van der Waals surface area contributed by atoms with Gasteiger partial charge in [0.05, 0.1) is 0 Å². The van der Waals surface area contributed by atoms with Crippen LogP contribution in [0, 0.1) is 0 Å². The van der Waals surface area contributed by atoms with Gasteiger partial charge in [-0.3, -0.25) is 9.59 Å².